The van der Waals surface area contributed by atoms with Crippen molar-refractivity contribution in [3.8, 4) is 0 Å². The zero-order chi connectivity index (χ0) is 6.97. The Bertz CT molecular complexity index is 247. The number of alkyl halides is 1. The molecule has 1 aliphatic heterocycles. The predicted molar refractivity (Wildman–Crippen MR) is 42.9 cm³/mol. The van der Waals surface area contributed by atoms with Crippen LogP contribution >= 0.6 is 15.9 Å². The highest BCUT2D eigenvalue weighted by Gasteiger charge is 2.18. The minimum atomic E-state index is 0.115. The minimum Gasteiger partial charge on any atom is -0.358 e. The molecule has 0 radical (unpaired) electrons. The van der Waals surface area contributed by atoms with Crippen molar-refractivity contribution in [2.75, 3.05) is 0 Å². The molecule has 1 atom stereocenters. The van der Waals surface area contributed by atoms with E-state index in [0.29, 0.717) is 0 Å². The maximum absolute atomic E-state index is 5.34. The van der Waals surface area contributed by atoms with Gasteiger partial charge in [-0.2, -0.15) is 0 Å². The Hall–Kier alpha value is -0.340. The number of halogens is 1. The van der Waals surface area contributed by atoms with Gasteiger partial charge in [0.2, 0.25) is 0 Å². The van der Waals surface area contributed by atoms with Crippen LogP contribution in [0.2, 0.25) is 0 Å². The summed E-state index contributed by atoms with van der Waals surface area (Å²) in [5.41, 5.74) is 2.56. The van der Waals surface area contributed by atoms with Crippen LogP contribution in [0.1, 0.15) is 16.1 Å². The molecule has 2 rings (SSSR count). The van der Waals surface area contributed by atoms with Gasteiger partial charge < -0.3 is 4.74 Å². The Morgan fingerprint density at radius 2 is 2.20 bits per heavy atom. The average molecular weight is 199 g/mol. The monoisotopic (exact) mass is 198 g/mol. The molecule has 1 unspecified atom stereocenters. The van der Waals surface area contributed by atoms with Gasteiger partial charge in [0.15, 0.2) is 0 Å². The Morgan fingerprint density at radius 3 is 3.00 bits per heavy atom. The fourth-order valence-corrected chi connectivity index (χ4v) is 1.72. The highest BCUT2D eigenvalue weighted by Crippen LogP contribution is 2.34. The quantitative estimate of drug-likeness (QED) is 0.583. The molecule has 0 amide bonds. The second-order valence-electron chi connectivity index (χ2n) is 2.33. The first kappa shape index (κ1) is 6.38. The number of fused-ring (bicyclic) bond motifs is 1. The van der Waals surface area contributed by atoms with E-state index in [2.05, 4.69) is 28.1 Å². The summed E-state index contributed by atoms with van der Waals surface area (Å²) in [4.78, 5) is 0. The highest BCUT2D eigenvalue weighted by molar-refractivity contribution is 9.09. The minimum absolute atomic E-state index is 0.115. The fourth-order valence-electron chi connectivity index (χ4n) is 1.14. The first-order valence-electron chi connectivity index (χ1n) is 3.21. The lowest BCUT2D eigenvalue weighted by molar-refractivity contribution is 0.131. The average Bonchev–Trinajstić information content (AvgIpc) is 2.34. The zero-order valence-electron chi connectivity index (χ0n) is 5.38. The van der Waals surface area contributed by atoms with Crippen molar-refractivity contribution in [3.05, 3.63) is 35.4 Å². The molecule has 52 valence electrons. The van der Waals surface area contributed by atoms with Crippen LogP contribution < -0.4 is 0 Å². The molecule has 0 saturated heterocycles. The maximum atomic E-state index is 5.34. The van der Waals surface area contributed by atoms with Crippen molar-refractivity contribution in [1.29, 1.82) is 0 Å². The first-order valence-corrected chi connectivity index (χ1v) is 4.13. The Morgan fingerprint density at radius 1 is 1.40 bits per heavy atom. The number of ether oxygens (including phenoxy) is 1. The molecule has 0 fully saturated rings. The van der Waals surface area contributed by atoms with Crippen LogP contribution in [0.5, 0.6) is 0 Å². The molecule has 1 aromatic rings. The molecule has 0 aliphatic carbocycles. The standard InChI is InChI=1S/C8H7BrO/c9-8-7-4-2-1-3-6(7)5-10-8/h1-4,8H,5H2. The van der Waals surface area contributed by atoms with Gasteiger partial charge in [-0.1, -0.05) is 40.2 Å². The van der Waals surface area contributed by atoms with Crippen LogP contribution in [0.15, 0.2) is 24.3 Å². The van der Waals surface area contributed by atoms with Gasteiger partial charge in [-0.05, 0) is 11.1 Å². The van der Waals surface area contributed by atoms with Crippen LogP contribution in [-0.2, 0) is 11.3 Å². The number of hydrogen-bond acceptors (Lipinski definition) is 1. The third kappa shape index (κ3) is 0.879. The summed E-state index contributed by atoms with van der Waals surface area (Å²) in [6.07, 6.45) is 0. The van der Waals surface area contributed by atoms with Gasteiger partial charge in [0, 0.05) is 0 Å². The lowest BCUT2D eigenvalue weighted by Gasteiger charge is -1.98. The predicted octanol–water partition coefficient (Wildman–Crippen LogP) is 2.61. The number of benzene rings is 1. The van der Waals surface area contributed by atoms with E-state index in [-0.39, 0.29) is 5.01 Å². The van der Waals surface area contributed by atoms with Crippen molar-refractivity contribution in [3.63, 3.8) is 0 Å². The molecule has 0 N–H and O–H groups in total. The maximum Gasteiger partial charge on any atom is 0.138 e. The van der Waals surface area contributed by atoms with Crippen molar-refractivity contribution in [2.45, 2.75) is 11.6 Å². The molecule has 1 aliphatic rings. The van der Waals surface area contributed by atoms with Gasteiger partial charge in [-0.25, -0.2) is 0 Å². The van der Waals surface area contributed by atoms with Crippen LogP contribution in [-0.4, -0.2) is 0 Å². The van der Waals surface area contributed by atoms with Gasteiger partial charge in [0.25, 0.3) is 0 Å². The second-order valence-corrected chi connectivity index (χ2v) is 3.16. The molecule has 2 heteroatoms. The van der Waals surface area contributed by atoms with E-state index in [4.69, 9.17) is 4.74 Å². The molecule has 1 aromatic carbocycles. The summed E-state index contributed by atoms with van der Waals surface area (Å²) in [7, 11) is 0. The third-order valence-electron chi connectivity index (χ3n) is 1.68. The van der Waals surface area contributed by atoms with Crippen LogP contribution in [0.25, 0.3) is 0 Å². The van der Waals surface area contributed by atoms with Crippen molar-refractivity contribution >= 4 is 15.9 Å². The molecule has 0 saturated carbocycles. The summed E-state index contributed by atoms with van der Waals surface area (Å²) >= 11 is 3.41. The zero-order valence-corrected chi connectivity index (χ0v) is 6.97. The van der Waals surface area contributed by atoms with E-state index in [1.165, 1.54) is 11.1 Å². The van der Waals surface area contributed by atoms with Gasteiger partial charge in [0.1, 0.15) is 5.01 Å². The molecule has 0 bridgehead atoms. The molecule has 0 spiro atoms. The van der Waals surface area contributed by atoms with E-state index >= 15 is 0 Å². The Balaban J connectivity index is 2.51. The largest absolute Gasteiger partial charge is 0.358 e. The van der Waals surface area contributed by atoms with Crippen LogP contribution in [0.4, 0.5) is 0 Å². The Labute approximate surface area is 68.1 Å². The molecular formula is C8H7BrO. The summed E-state index contributed by atoms with van der Waals surface area (Å²) < 4.78 is 5.34. The van der Waals surface area contributed by atoms with Crippen molar-refractivity contribution < 1.29 is 4.74 Å². The summed E-state index contributed by atoms with van der Waals surface area (Å²) in [5, 5.41) is 0.115. The smallest absolute Gasteiger partial charge is 0.138 e. The molecule has 10 heavy (non-hydrogen) atoms. The van der Waals surface area contributed by atoms with Crippen LogP contribution in [0, 0.1) is 0 Å². The number of hydrogen-bond donors (Lipinski definition) is 0. The molecule has 0 aromatic heterocycles. The normalized spacial score (nSPS) is 22.7. The summed E-state index contributed by atoms with van der Waals surface area (Å²) in [6, 6.07) is 8.24. The molecule has 1 heterocycles. The van der Waals surface area contributed by atoms with E-state index in [0.717, 1.165) is 6.61 Å². The number of rotatable bonds is 0. The third-order valence-corrected chi connectivity index (χ3v) is 2.44. The lowest BCUT2D eigenvalue weighted by atomic mass is 10.1. The second kappa shape index (κ2) is 2.36. The van der Waals surface area contributed by atoms with Gasteiger partial charge in [-0.3, -0.25) is 0 Å². The molecular weight excluding hydrogens is 192 g/mol. The molecule has 1 nitrogen and oxygen atoms in total. The first-order chi connectivity index (χ1) is 4.88. The summed E-state index contributed by atoms with van der Waals surface area (Å²) in [6.45, 7) is 0.742. The summed E-state index contributed by atoms with van der Waals surface area (Å²) in [5.74, 6) is 0. The van der Waals surface area contributed by atoms with E-state index in [1.54, 1.807) is 0 Å². The fraction of sp³-hybridized carbons (Fsp3) is 0.250. The van der Waals surface area contributed by atoms with E-state index in [1.807, 2.05) is 12.1 Å². The van der Waals surface area contributed by atoms with Crippen molar-refractivity contribution in [2.24, 2.45) is 0 Å². The van der Waals surface area contributed by atoms with E-state index in [9.17, 15) is 0 Å². The van der Waals surface area contributed by atoms with Gasteiger partial charge >= 0.3 is 0 Å². The Kier molecular flexibility index (Phi) is 1.51. The topological polar surface area (TPSA) is 9.23 Å². The van der Waals surface area contributed by atoms with Crippen LogP contribution in [0.3, 0.4) is 0 Å². The van der Waals surface area contributed by atoms with Gasteiger partial charge in [-0.15, -0.1) is 0 Å². The SMILES string of the molecule is BrC1OCc2ccccc21. The van der Waals surface area contributed by atoms with E-state index < -0.39 is 0 Å². The lowest BCUT2D eigenvalue weighted by Crippen LogP contribution is -1.81. The van der Waals surface area contributed by atoms with Crippen molar-refractivity contribution in [1.82, 2.24) is 0 Å². The van der Waals surface area contributed by atoms with Gasteiger partial charge in [0.05, 0.1) is 6.61 Å². The highest BCUT2D eigenvalue weighted by atomic mass is 79.9.